The fourth-order valence-electron chi connectivity index (χ4n) is 3.70. The van der Waals surface area contributed by atoms with Crippen LogP contribution >= 0.6 is 0 Å². The second-order valence-corrected chi connectivity index (χ2v) is 7.16. The van der Waals surface area contributed by atoms with E-state index in [4.69, 9.17) is 9.47 Å². The van der Waals surface area contributed by atoms with Gasteiger partial charge in [0.2, 0.25) is 0 Å². The van der Waals surface area contributed by atoms with Crippen LogP contribution in [-0.4, -0.2) is 51.3 Å². The van der Waals surface area contributed by atoms with E-state index in [1.54, 1.807) is 14.2 Å². The zero-order chi connectivity index (χ0) is 20.1. The van der Waals surface area contributed by atoms with E-state index in [1.807, 2.05) is 42.2 Å². The molecule has 0 bridgehead atoms. The third-order valence-electron chi connectivity index (χ3n) is 5.29. The highest BCUT2D eigenvalue weighted by Gasteiger charge is 2.30. The van der Waals surface area contributed by atoms with Gasteiger partial charge in [-0.05, 0) is 43.5 Å². The number of carbonyl (C=O) groups is 1. The number of likely N-dealkylation sites (tertiary alicyclic amines) is 1. The molecule has 0 unspecified atom stereocenters. The molecule has 1 heterocycles. The van der Waals surface area contributed by atoms with Crippen LogP contribution < -0.4 is 19.7 Å². The highest BCUT2D eigenvalue weighted by atomic mass is 16.5. The highest BCUT2D eigenvalue weighted by molar-refractivity contribution is 5.91. The van der Waals surface area contributed by atoms with Crippen LogP contribution in [0.3, 0.4) is 0 Å². The van der Waals surface area contributed by atoms with Crippen molar-refractivity contribution in [2.75, 3.05) is 44.6 Å². The van der Waals surface area contributed by atoms with Crippen LogP contribution in [0.4, 0.5) is 16.2 Å². The summed E-state index contributed by atoms with van der Waals surface area (Å²) in [7, 11) is 5.27. The van der Waals surface area contributed by atoms with Gasteiger partial charge >= 0.3 is 6.03 Å². The van der Waals surface area contributed by atoms with Gasteiger partial charge in [0.25, 0.3) is 0 Å². The molecule has 0 spiro atoms. The molecule has 150 valence electrons. The summed E-state index contributed by atoms with van der Waals surface area (Å²) in [5, 5.41) is 3.05. The number of benzene rings is 2. The van der Waals surface area contributed by atoms with Gasteiger partial charge in [-0.1, -0.05) is 18.2 Å². The smallest absolute Gasteiger partial charge is 0.322 e. The third kappa shape index (κ3) is 4.32. The molecule has 2 aromatic carbocycles. The quantitative estimate of drug-likeness (QED) is 0.814. The van der Waals surface area contributed by atoms with Crippen molar-refractivity contribution in [2.24, 2.45) is 0 Å². The summed E-state index contributed by atoms with van der Waals surface area (Å²) in [5.41, 5.74) is 2.83. The molecule has 0 aromatic heterocycles. The molecule has 2 amide bonds. The van der Waals surface area contributed by atoms with Crippen LogP contribution in [0.2, 0.25) is 0 Å². The highest BCUT2D eigenvalue weighted by Crippen LogP contribution is 2.33. The standard InChI is InChI=1S/C22H29N3O3/c1-16-13-20(27-3)21(28-4)14-19(16)23-22(26)25-12-8-11-18(25)15-24(2)17-9-6-5-7-10-17/h5-7,9-10,13-14,18H,8,11-12,15H2,1-4H3,(H,23,26)/t18-/m1/s1. The first-order valence-corrected chi connectivity index (χ1v) is 9.60. The maximum Gasteiger partial charge on any atom is 0.322 e. The van der Waals surface area contributed by atoms with Crippen molar-refractivity contribution in [1.82, 2.24) is 4.90 Å². The lowest BCUT2D eigenvalue weighted by Crippen LogP contribution is -2.44. The van der Waals surface area contributed by atoms with Crippen molar-refractivity contribution in [3.63, 3.8) is 0 Å². The van der Waals surface area contributed by atoms with E-state index < -0.39 is 0 Å². The lowest BCUT2D eigenvalue weighted by Gasteiger charge is -2.30. The number of para-hydroxylation sites is 1. The van der Waals surface area contributed by atoms with Gasteiger partial charge in [-0.3, -0.25) is 0 Å². The Morgan fingerprint density at radius 1 is 1.18 bits per heavy atom. The number of urea groups is 1. The minimum absolute atomic E-state index is 0.0701. The van der Waals surface area contributed by atoms with Crippen LogP contribution in [0.1, 0.15) is 18.4 Å². The van der Waals surface area contributed by atoms with Crippen LogP contribution in [-0.2, 0) is 0 Å². The molecule has 6 heteroatoms. The van der Waals surface area contributed by atoms with Crippen molar-refractivity contribution in [1.29, 1.82) is 0 Å². The Kier molecular flexibility index (Phi) is 6.29. The van der Waals surface area contributed by atoms with Crippen LogP contribution in [0, 0.1) is 6.92 Å². The van der Waals surface area contributed by atoms with Gasteiger partial charge in [-0.25, -0.2) is 4.79 Å². The van der Waals surface area contributed by atoms with Crippen LogP contribution in [0.25, 0.3) is 0 Å². The first kappa shape index (κ1) is 19.9. The lowest BCUT2D eigenvalue weighted by molar-refractivity contribution is 0.207. The number of hydrogen-bond acceptors (Lipinski definition) is 4. The van der Waals surface area contributed by atoms with Crippen LogP contribution in [0.15, 0.2) is 42.5 Å². The van der Waals surface area contributed by atoms with Crippen molar-refractivity contribution >= 4 is 17.4 Å². The molecule has 0 radical (unpaired) electrons. The maximum absolute atomic E-state index is 13.0. The molecule has 28 heavy (non-hydrogen) atoms. The SMILES string of the molecule is COc1cc(C)c(NC(=O)N2CCC[C@@H]2CN(C)c2ccccc2)cc1OC. The average molecular weight is 383 g/mol. The van der Waals surface area contributed by atoms with Crippen molar-refractivity contribution in [3.8, 4) is 11.5 Å². The zero-order valence-corrected chi connectivity index (χ0v) is 17.1. The lowest BCUT2D eigenvalue weighted by atomic mass is 10.1. The summed E-state index contributed by atoms with van der Waals surface area (Å²) in [6, 6.07) is 14.1. The molecule has 1 aliphatic rings. The number of likely N-dealkylation sites (N-methyl/N-ethyl adjacent to an activating group) is 1. The van der Waals surface area contributed by atoms with Gasteiger partial charge in [-0.2, -0.15) is 0 Å². The normalized spacial score (nSPS) is 16.0. The van der Waals surface area contributed by atoms with E-state index in [9.17, 15) is 4.79 Å². The number of hydrogen-bond donors (Lipinski definition) is 1. The van der Waals surface area contributed by atoms with E-state index >= 15 is 0 Å². The molecule has 1 fully saturated rings. The summed E-state index contributed by atoms with van der Waals surface area (Å²) in [5.74, 6) is 1.26. The van der Waals surface area contributed by atoms with E-state index in [0.717, 1.165) is 42.9 Å². The number of carbonyl (C=O) groups excluding carboxylic acids is 1. The number of methoxy groups -OCH3 is 2. The Labute approximate surface area is 167 Å². The van der Waals surface area contributed by atoms with Crippen LogP contribution in [0.5, 0.6) is 11.5 Å². The Morgan fingerprint density at radius 2 is 1.86 bits per heavy atom. The molecule has 6 nitrogen and oxygen atoms in total. The molecule has 2 aromatic rings. The van der Waals surface area contributed by atoms with E-state index in [-0.39, 0.29) is 12.1 Å². The summed E-state index contributed by atoms with van der Waals surface area (Å²) in [4.78, 5) is 17.1. The fourth-order valence-corrected chi connectivity index (χ4v) is 3.70. The number of nitrogens with zero attached hydrogens (tertiary/aromatic N) is 2. The molecule has 1 N–H and O–H groups in total. The number of amides is 2. The maximum atomic E-state index is 13.0. The second-order valence-electron chi connectivity index (χ2n) is 7.16. The molecule has 3 rings (SSSR count). The molecular weight excluding hydrogens is 354 g/mol. The van der Waals surface area contributed by atoms with Gasteiger partial charge in [0.15, 0.2) is 11.5 Å². The Balaban J connectivity index is 1.70. The molecule has 1 aliphatic heterocycles. The van der Waals surface area contributed by atoms with Crippen molar-refractivity contribution < 1.29 is 14.3 Å². The number of ether oxygens (including phenoxy) is 2. The Bertz CT molecular complexity index is 810. The average Bonchev–Trinajstić information content (AvgIpc) is 3.18. The largest absolute Gasteiger partial charge is 0.493 e. The number of nitrogens with one attached hydrogen (secondary N) is 1. The summed E-state index contributed by atoms with van der Waals surface area (Å²) < 4.78 is 10.7. The first-order valence-electron chi connectivity index (χ1n) is 9.60. The van der Waals surface area contributed by atoms with E-state index in [1.165, 1.54) is 0 Å². The predicted octanol–water partition coefficient (Wildman–Crippen LogP) is 4.14. The number of anilines is 2. The van der Waals surface area contributed by atoms with Gasteiger partial charge in [0.1, 0.15) is 0 Å². The summed E-state index contributed by atoms with van der Waals surface area (Å²) in [6.45, 7) is 3.52. The van der Waals surface area contributed by atoms with Gasteiger partial charge in [0.05, 0.1) is 20.3 Å². The topological polar surface area (TPSA) is 54.0 Å². The molecular formula is C22H29N3O3. The number of rotatable bonds is 6. The molecule has 0 saturated carbocycles. The predicted molar refractivity (Wildman–Crippen MR) is 113 cm³/mol. The third-order valence-corrected chi connectivity index (χ3v) is 5.29. The Hall–Kier alpha value is -2.89. The zero-order valence-electron chi connectivity index (χ0n) is 17.1. The first-order chi connectivity index (χ1) is 13.5. The fraction of sp³-hybridized carbons (Fsp3) is 0.409. The minimum atomic E-state index is -0.0701. The van der Waals surface area contributed by atoms with E-state index in [2.05, 4.69) is 29.4 Å². The number of aryl methyl sites for hydroxylation is 1. The van der Waals surface area contributed by atoms with E-state index in [0.29, 0.717) is 11.5 Å². The second kappa shape index (κ2) is 8.87. The van der Waals surface area contributed by atoms with Gasteiger partial charge in [0, 0.05) is 37.6 Å². The van der Waals surface area contributed by atoms with Gasteiger partial charge < -0.3 is 24.6 Å². The molecule has 1 saturated heterocycles. The van der Waals surface area contributed by atoms with Crippen molar-refractivity contribution in [3.05, 3.63) is 48.0 Å². The summed E-state index contributed by atoms with van der Waals surface area (Å²) >= 11 is 0. The molecule has 1 atom stereocenters. The Morgan fingerprint density at radius 3 is 2.54 bits per heavy atom. The van der Waals surface area contributed by atoms with Gasteiger partial charge in [-0.15, -0.1) is 0 Å². The van der Waals surface area contributed by atoms with Crippen molar-refractivity contribution in [2.45, 2.75) is 25.8 Å². The minimum Gasteiger partial charge on any atom is -0.493 e. The summed E-state index contributed by atoms with van der Waals surface area (Å²) in [6.07, 6.45) is 2.03. The molecule has 0 aliphatic carbocycles. The monoisotopic (exact) mass is 383 g/mol.